The van der Waals surface area contributed by atoms with Crippen molar-refractivity contribution in [3.05, 3.63) is 23.8 Å². The van der Waals surface area contributed by atoms with E-state index >= 15 is 0 Å². The summed E-state index contributed by atoms with van der Waals surface area (Å²) in [6.45, 7) is 2.10. The van der Waals surface area contributed by atoms with Gasteiger partial charge in [0.15, 0.2) is 11.5 Å². The number of piperidine rings is 1. The molecule has 2 rings (SSSR count). The lowest BCUT2D eigenvalue weighted by molar-refractivity contribution is -0.132. The Morgan fingerprint density at radius 1 is 1.23 bits per heavy atom. The lowest BCUT2D eigenvalue weighted by Gasteiger charge is -2.31. The summed E-state index contributed by atoms with van der Waals surface area (Å²) < 4.78 is 10.5. The van der Waals surface area contributed by atoms with E-state index in [1.54, 1.807) is 14.2 Å². The Kier molecular flexibility index (Phi) is 6.03. The number of ether oxygens (including phenoxy) is 2. The second-order valence-electron chi connectivity index (χ2n) is 5.52. The zero-order valence-corrected chi connectivity index (χ0v) is 13.2. The van der Waals surface area contributed by atoms with Crippen molar-refractivity contribution in [2.45, 2.75) is 19.3 Å². The highest BCUT2D eigenvalue weighted by Gasteiger charge is 2.23. The molecular weight excluding hydrogens is 284 g/mol. The number of benzene rings is 1. The summed E-state index contributed by atoms with van der Waals surface area (Å²) in [5.74, 6) is 7.01. The maximum atomic E-state index is 12.4. The molecule has 122 valence electrons. The van der Waals surface area contributed by atoms with E-state index in [9.17, 15) is 4.79 Å². The average Bonchev–Trinajstić information content (AvgIpc) is 2.55. The minimum Gasteiger partial charge on any atom is -0.493 e. The molecule has 6 nitrogen and oxygen atoms in total. The first kappa shape index (κ1) is 16.6. The number of methoxy groups -OCH3 is 2. The number of rotatable bonds is 6. The molecule has 1 aromatic rings. The van der Waals surface area contributed by atoms with Crippen LogP contribution < -0.4 is 15.4 Å². The second kappa shape index (κ2) is 8.00. The van der Waals surface area contributed by atoms with E-state index in [4.69, 9.17) is 20.2 Å². The highest BCUT2D eigenvalue weighted by molar-refractivity contribution is 5.79. The van der Waals surface area contributed by atoms with Gasteiger partial charge in [0.05, 0.1) is 27.2 Å². The predicted octanol–water partition coefficient (Wildman–Crippen LogP) is 1.38. The fourth-order valence-corrected chi connectivity index (χ4v) is 2.76. The van der Waals surface area contributed by atoms with Crippen molar-refractivity contribution in [1.29, 1.82) is 0 Å². The highest BCUT2D eigenvalue weighted by atomic mass is 16.6. The molecule has 22 heavy (non-hydrogen) atoms. The summed E-state index contributed by atoms with van der Waals surface area (Å²) in [4.78, 5) is 19.0. The Labute approximate surface area is 131 Å². The van der Waals surface area contributed by atoms with Crippen LogP contribution in [0.1, 0.15) is 18.4 Å². The normalized spacial score (nSPS) is 15.7. The van der Waals surface area contributed by atoms with E-state index < -0.39 is 0 Å². The van der Waals surface area contributed by atoms with Crippen molar-refractivity contribution in [3.8, 4) is 11.5 Å². The number of nitrogens with two attached hydrogens (primary N) is 1. The summed E-state index contributed by atoms with van der Waals surface area (Å²) in [6.07, 6.45) is 2.25. The largest absolute Gasteiger partial charge is 0.493 e. The second-order valence-corrected chi connectivity index (χ2v) is 5.52. The first-order chi connectivity index (χ1) is 10.7. The van der Waals surface area contributed by atoms with Crippen LogP contribution in [0.4, 0.5) is 0 Å². The summed E-state index contributed by atoms with van der Waals surface area (Å²) in [5.41, 5.74) is 0.926. The van der Waals surface area contributed by atoms with Crippen LogP contribution in [-0.2, 0) is 16.1 Å². The van der Waals surface area contributed by atoms with Crippen molar-refractivity contribution >= 4 is 5.91 Å². The molecule has 1 aromatic carbocycles. The van der Waals surface area contributed by atoms with Gasteiger partial charge in [0.25, 0.3) is 0 Å². The van der Waals surface area contributed by atoms with Crippen LogP contribution in [0.5, 0.6) is 11.5 Å². The quantitative estimate of drug-likeness (QED) is 0.804. The molecule has 0 aromatic heterocycles. The third kappa shape index (κ3) is 4.11. The van der Waals surface area contributed by atoms with Gasteiger partial charge in [-0.2, -0.15) is 0 Å². The molecule has 2 N–H and O–H groups in total. The van der Waals surface area contributed by atoms with Crippen LogP contribution in [0.25, 0.3) is 0 Å². The van der Waals surface area contributed by atoms with Crippen LogP contribution in [0.3, 0.4) is 0 Å². The molecule has 6 heteroatoms. The molecule has 1 amide bonds. The molecule has 0 aliphatic carbocycles. The number of likely N-dealkylation sites (tertiary alicyclic amines) is 1. The van der Waals surface area contributed by atoms with Crippen molar-refractivity contribution in [3.63, 3.8) is 0 Å². The number of hydrogen-bond donors (Lipinski definition) is 1. The first-order valence-electron chi connectivity index (χ1n) is 7.48. The highest BCUT2D eigenvalue weighted by Crippen LogP contribution is 2.28. The molecule has 0 bridgehead atoms. The molecule has 0 atom stereocenters. The zero-order chi connectivity index (χ0) is 15.9. The van der Waals surface area contributed by atoms with Gasteiger partial charge >= 0.3 is 0 Å². The molecule has 0 radical (unpaired) electrons. The molecular formula is C16H24N2O4. The van der Waals surface area contributed by atoms with Crippen molar-refractivity contribution in [2.24, 2.45) is 11.8 Å². The fraction of sp³-hybridized carbons (Fsp3) is 0.562. The maximum Gasteiger partial charge on any atom is 0.226 e. The van der Waals surface area contributed by atoms with Crippen LogP contribution in [0, 0.1) is 5.92 Å². The first-order valence-corrected chi connectivity index (χ1v) is 7.48. The van der Waals surface area contributed by atoms with Crippen molar-refractivity contribution < 1.29 is 19.1 Å². The maximum absolute atomic E-state index is 12.4. The van der Waals surface area contributed by atoms with Gasteiger partial charge in [0.1, 0.15) is 0 Å². The fourth-order valence-electron chi connectivity index (χ4n) is 2.76. The van der Waals surface area contributed by atoms with E-state index in [1.165, 1.54) is 0 Å². The Bertz CT molecular complexity index is 499. The van der Waals surface area contributed by atoms with Crippen LogP contribution in [0.2, 0.25) is 0 Å². The molecule has 1 aliphatic rings. The monoisotopic (exact) mass is 308 g/mol. The van der Waals surface area contributed by atoms with Crippen molar-refractivity contribution in [1.82, 2.24) is 4.90 Å². The summed E-state index contributed by atoms with van der Waals surface area (Å²) in [6, 6.07) is 5.58. The third-order valence-corrected chi connectivity index (χ3v) is 4.10. The Morgan fingerprint density at radius 2 is 1.91 bits per heavy atom. The van der Waals surface area contributed by atoms with Gasteiger partial charge < -0.3 is 19.2 Å². The number of amides is 1. The average molecular weight is 308 g/mol. The topological polar surface area (TPSA) is 74.0 Å². The number of hydrogen-bond acceptors (Lipinski definition) is 5. The molecule has 1 fully saturated rings. The lowest BCUT2D eigenvalue weighted by Crippen LogP contribution is -2.40. The van der Waals surface area contributed by atoms with Crippen LogP contribution in [0.15, 0.2) is 18.2 Å². The Balaban J connectivity index is 1.92. The molecule has 0 spiro atoms. The summed E-state index contributed by atoms with van der Waals surface area (Å²) >= 11 is 0. The van der Waals surface area contributed by atoms with E-state index in [1.807, 2.05) is 23.1 Å². The van der Waals surface area contributed by atoms with Gasteiger partial charge in [0, 0.05) is 13.1 Å². The third-order valence-electron chi connectivity index (χ3n) is 4.10. The summed E-state index contributed by atoms with van der Waals surface area (Å²) in [5, 5.41) is 0. The van der Waals surface area contributed by atoms with Gasteiger partial charge in [0.2, 0.25) is 5.91 Å². The summed E-state index contributed by atoms with van der Waals surface area (Å²) in [7, 11) is 3.19. The van der Waals surface area contributed by atoms with E-state index in [0.29, 0.717) is 30.4 Å². The van der Waals surface area contributed by atoms with Gasteiger partial charge in [-0.3, -0.25) is 4.79 Å². The Morgan fingerprint density at radius 3 is 2.50 bits per heavy atom. The minimum absolute atomic E-state index is 0.138. The SMILES string of the molecule is COc1ccc(CC(=O)N2CCC(CON)CC2)cc1OC. The standard InChI is InChI=1S/C16H24N2O4/c1-20-14-4-3-13(9-15(14)21-2)10-16(19)18-7-5-12(6-8-18)11-22-17/h3-4,9,12H,5-8,10-11,17H2,1-2H3. The Hall–Kier alpha value is -1.79. The van der Waals surface area contributed by atoms with Crippen LogP contribution in [-0.4, -0.2) is 44.7 Å². The van der Waals surface area contributed by atoms with Gasteiger partial charge in [-0.25, -0.2) is 5.90 Å². The molecule has 1 aliphatic heterocycles. The molecule has 1 saturated heterocycles. The predicted molar refractivity (Wildman–Crippen MR) is 82.7 cm³/mol. The van der Waals surface area contributed by atoms with E-state index in [0.717, 1.165) is 31.5 Å². The number of carbonyl (C=O) groups is 1. The number of nitrogens with zero attached hydrogens (tertiary/aromatic N) is 1. The van der Waals surface area contributed by atoms with Gasteiger partial charge in [-0.05, 0) is 36.5 Å². The molecule has 1 heterocycles. The smallest absolute Gasteiger partial charge is 0.226 e. The van der Waals surface area contributed by atoms with E-state index in [2.05, 4.69) is 0 Å². The number of carbonyl (C=O) groups excluding carboxylic acids is 1. The molecule has 0 saturated carbocycles. The minimum atomic E-state index is 0.138. The van der Waals surface area contributed by atoms with Gasteiger partial charge in [-0.15, -0.1) is 0 Å². The lowest BCUT2D eigenvalue weighted by atomic mass is 9.97. The van der Waals surface area contributed by atoms with E-state index in [-0.39, 0.29) is 5.91 Å². The van der Waals surface area contributed by atoms with Crippen molar-refractivity contribution in [2.75, 3.05) is 33.9 Å². The van der Waals surface area contributed by atoms with Crippen LogP contribution >= 0.6 is 0 Å². The molecule has 0 unspecified atom stereocenters. The zero-order valence-electron chi connectivity index (χ0n) is 13.2. The van der Waals surface area contributed by atoms with Gasteiger partial charge in [-0.1, -0.05) is 6.07 Å².